The molecule has 0 spiro atoms. The fraction of sp³-hybridized carbons (Fsp3) is 0.286. The first-order valence-electron chi connectivity index (χ1n) is 8.35. The Morgan fingerprint density at radius 2 is 1.79 bits per heavy atom. The average molecular weight is 321 g/mol. The molecule has 1 aliphatic rings. The summed E-state index contributed by atoms with van der Waals surface area (Å²) >= 11 is 0. The highest BCUT2D eigenvalue weighted by Gasteiger charge is 2.27. The number of rotatable bonds is 4. The number of hydrogen-bond acceptors (Lipinski definition) is 2. The molecule has 0 atom stereocenters. The smallest absolute Gasteiger partial charge is 0.335 e. The van der Waals surface area contributed by atoms with Crippen molar-refractivity contribution in [2.75, 3.05) is 5.32 Å². The van der Waals surface area contributed by atoms with Gasteiger partial charge in [0.25, 0.3) is 0 Å². The third kappa shape index (κ3) is 3.07. The van der Waals surface area contributed by atoms with Crippen molar-refractivity contribution in [3.8, 4) is 0 Å². The van der Waals surface area contributed by atoms with Gasteiger partial charge >= 0.3 is 5.97 Å². The van der Waals surface area contributed by atoms with Gasteiger partial charge in [-0.05, 0) is 71.4 Å². The molecule has 2 aromatic rings. The van der Waals surface area contributed by atoms with E-state index in [0.717, 1.165) is 24.2 Å². The lowest BCUT2D eigenvalue weighted by atomic mass is 9.73. The number of aromatic carboxylic acids is 1. The molecular weight excluding hydrogens is 298 g/mol. The summed E-state index contributed by atoms with van der Waals surface area (Å²) in [5, 5.41) is 12.4. The van der Waals surface area contributed by atoms with Crippen molar-refractivity contribution in [2.45, 2.75) is 39.0 Å². The minimum atomic E-state index is -0.907. The number of fused-ring (bicyclic) bond motifs is 1. The van der Waals surface area contributed by atoms with Gasteiger partial charge in [-0.15, -0.1) is 0 Å². The first-order valence-corrected chi connectivity index (χ1v) is 8.35. The number of anilines is 2. The first-order chi connectivity index (χ1) is 11.4. The van der Waals surface area contributed by atoms with E-state index in [1.54, 1.807) is 24.3 Å². The minimum Gasteiger partial charge on any atom is -0.478 e. The van der Waals surface area contributed by atoms with E-state index in [4.69, 9.17) is 5.11 Å². The molecule has 0 aromatic heterocycles. The van der Waals surface area contributed by atoms with Gasteiger partial charge in [-0.1, -0.05) is 32.9 Å². The normalized spacial score (nSPS) is 15.4. The summed E-state index contributed by atoms with van der Waals surface area (Å²) in [6.07, 6.45) is 4.46. The molecule has 0 saturated carbocycles. The Hall–Kier alpha value is -2.55. The molecule has 0 aliphatic heterocycles. The first kappa shape index (κ1) is 16.3. The Bertz CT molecular complexity index is 801. The third-order valence-electron chi connectivity index (χ3n) is 4.75. The minimum absolute atomic E-state index is 0.124. The van der Waals surface area contributed by atoms with E-state index in [-0.39, 0.29) is 5.41 Å². The molecule has 0 heterocycles. The number of carboxylic acid groups (broad SMARTS) is 1. The molecule has 0 saturated heterocycles. The van der Waals surface area contributed by atoms with Crippen molar-refractivity contribution in [1.29, 1.82) is 0 Å². The molecule has 0 radical (unpaired) electrons. The second kappa shape index (κ2) is 6.16. The summed E-state index contributed by atoms with van der Waals surface area (Å²) in [5.41, 5.74) is 6.47. The van der Waals surface area contributed by atoms with Gasteiger partial charge in [0.15, 0.2) is 0 Å². The molecule has 2 N–H and O–H groups in total. The monoisotopic (exact) mass is 321 g/mol. The maximum Gasteiger partial charge on any atom is 0.335 e. The van der Waals surface area contributed by atoms with E-state index in [2.05, 4.69) is 50.4 Å². The molecule has 1 aliphatic carbocycles. The van der Waals surface area contributed by atoms with Gasteiger partial charge in [-0.2, -0.15) is 0 Å². The molecule has 0 unspecified atom stereocenters. The van der Waals surface area contributed by atoms with Gasteiger partial charge < -0.3 is 10.4 Å². The quantitative estimate of drug-likeness (QED) is 0.770. The lowest BCUT2D eigenvalue weighted by Gasteiger charge is -2.32. The molecule has 3 rings (SSSR count). The molecule has 0 amide bonds. The Kier molecular flexibility index (Phi) is 4.18. The van der Waals surface area contributed by atoms with Crippen molar-refractivity contribution in [2.24, 2.45) is 0 Å². The zero-order valence-corrected chi connectivity index (χ0v) is 14.4. The van der Waals surface area contributed by atoms with Crippen molar-refractivity contribution in [1.82, 2.24) is 0 Å². The number of allylic oxidation sites excluding steroid dienone is 2. The van der Waals surface area contributed by atoms with Crippen molar-refractivity contribution in [3.63, 3.8) is 0 Å². The van der Waals surface area contributed by atoms with Crippen molar-refractivity contribution >= 4 is 22.9 Å². The predicted octanol–water partition coefficient (Wildman–Crippen LogP) is 5.60. The van der Waals surface area contributed by atoms with Gasteiger partial charge in [0.2, 0.25) is 0 Å². The van der Waals surface area contributed by atoms with Gasteiger partial charge in [-0.3, -0.25) is 0 Å². The lowest BCUT2D eigenvalue weighted by Crippen LogP contribution is -2.21. The van der Waals surface area contributed by atoms with E-state index in [1.165, 1.54) is 16.7 Å². The molecule has 2 aromatic carbocycles. The molecule has 3 heteroatoms. The maximum atomic E-state index is 10.9. The second-order valence-corrected chi connectivity index (χ2v) is 6.94. The highest BCUT2D eigenvalue weighted by Crippen LogP contribution is 2.41. The van der Waals surface area contributed by atoms with Crippen LogP contribution in [0.15, 0.2) is 48.5 Å². The zero-order valence-electron chi connectivity index (χ0n) is 14.4. The van der Waals surface area contributed by atoms with E-state index in [1.807, 2.05) is 0 Å². The van der Waals surface area contributed by atoms with Crippen LogP contribution in [0.2, 0.25) is 0 Å². The molecule has 0 fully saturated rings. The number of carboxylic acids is 1. The van der Waals surface area contributed by atoms with Crippen molar-refractivity contribution in [3.05, 3.63) is 65.2 Å². The fourth-order valence-electron chi connectivity index (χ4n) is 3.26. The molecule has 124 valence electrons. The Morgan fingerprint density at radius 1 is 1.12 bits per heavy atom. The molecule has 3 nitrogen and oxygen atoms in total. The van der Waals surface area contributed by atoms with E-state index in [0.29, 0.717) is 5.56 Å². The average Bonchev–Trinajstić information content (AvgIpc) is 2.56. The zero-order chi connectivity index (χ0) is 17.3. The Balaban J connectivity index is 1.91. The Labute approximate surface area is 143 Å². The number of hydrogen-bond donors (Lipinski definition) is 2. The van der Waals surface area contributed by atoms with Gasteiger partial charge in [0.1, 0.15) is 0 Å². The van der Waals surface area contributed by atoms with E-state index >= 15 is 0 Å². The summed E-state index contributed by atoms with van der Waals surface area (Å²) < 4.78 is 0. The van der Waals surface area contributed by atoms with Crippen LogP contribution < -0.4 is 5.32 Å². The summed E-state index contributed by atoms with van der Waals surface area (Å²) in [5.74, 6) is -0.907. The maximum absolute atomic E-state index is 10.9. The van der Waals surface area contributed by atoms with Crippen LogP contribution in [0.25, 0.3) is 5.57 Å². The largest absolute Gasteiger partial charge is 0.478 e. The summed E-state index contributed by atoms with van der Waals surface area (Å²) in [4.78, 5) is 10.9. The van der Waals surface area contributed by atoms with Gasteiger partial charge in [0, 0.05) is 11.4 Å². The van der Waals surface area contributed by atoms with Crippen molar-refractivity contribution < 1.29 is 9.90 Å². The van der Waals surface area contributed by atoms with Crippen LogP contribution in [-0.4, -0.2) is 11.1 Å². The van der Waals surface area contributed by atoms with E-state index < -0.39 is 5.97 Å². The molecular formula is C21H23NO2. The highest BCUT2D eigenvalue weighted by atomic mass is 16.4. The number of benzene rings is 2. The van der Waals surface area contributed by atoms with Crippen LogP contribution in [0.5, 0.6) is 0 Å². The topological polar surface area (TPSA) is 49.3 Å². The summed E-state index contributed by atoms with van der Waals surface area (Å²) in [7, 11) is 0. The van der Waals surface area contributed by atoms with Gasteiger partial charge in [-0.25, -0.2) is 4.79 Å². The lowest BCUT2D eigenvalue weighted by molar-refractivity contribution is 0.0697. The van der Waals surface area contributed by atoms with Crippen LogP contribution in [0, 0.1) is 0 Å². The number of carbonyl (C=O) groups is 1. The van der Waals surface area contributed by atoms with Gasteiger partial charge in [0.05, 0.1) is 5.56 Å². The summed E-state index contributed by atoms with van der Waals surface area (Å²) in [6.45, 7) is 6.75. The standard InChI is InChI=1S/C21H23NO2/c1-4-14-11-12-21(2,3)19-13-17(9-10-18(14)19)22-16-7-5-15(6-8-16)20(23)24/h5-11,13,22H,4,12H2,1-3H3,(H,23,24). The van der Waals surface area contributed by atoms with Crippen LogP contribution in [-0.2, 0) is 5.41 Å². The number of nitrogens with one attached hydrogen (secondary N) is 1. The summed E-state index contributed by atoms with van der Waals surface area (Å²) in [6, 6.07) is 13.3. The van der Waals surface area contributed by atoms with E-state index in [9.17, 15) is 4.79 Å². The second-order valence-electron chi connectivity index (χ2n) is 6.94. The fourth-order valence-corrected chi connectivity index (χ4v) is 3.26. The van der Waals surface area contributed by atoms with Crippen LogP contribution in [0.4, 0.5) is 11.4 Å². The third-order valence-corrected chi connectivity index (χ3v) is 4.75. The predicted molar refractivity (Wildman–Crippen MR) is 99.0 cm³/mol. The molecule has 0 bridgehead atoms. The highest BCUT2D eigenvalue weighted by molar-refractivity contribution is 5.88. The van der Waals surface area contributed by atoms with Crippen LogP contribution in [0.3, 0.4) is 0 Å². The van der Waals surface area contributed by atoms with Crippen LogP contribution >= 0.6 is 0 Å². The SMILES string of the molecule is CCC1=CCC(C)(C)c2cc(Nc3ccc(C(=O)O)cc3)ccc21. The molecule has 24 heavy (non-hydrogen) atoms. The Morgan fingerprint density at radius 3 is 2.42 bits per heavy atom. The van der Waals surface area contributed by atoms with Crippen LogP contribution in [0.1, 0.15) is 55.1 Å².